The van der Waals surface area contributed by atoms with E-state index in [9.17, 15) is 4.79 Å². The number of amides is 1. The number of methoxy groups -OCH3 is 1. The Balaban J connectivity index is 2.15. The minimum Gasteiger partial charge on any atom is -0.384 e. The van der Waals surface area contributed by atoms with Gasteiger partial charge in [-0.3, -0.25) is 4.79 Å². The lowest BCUT2D eigenvalue weighted by atomic mass is 9.91. The van der Waals surface area contributed by atoms with Crippen LogP contribution < -0.4 is 5.32 Å². The number of nitrogens with zero attached hydrogens (tertiary/aromatic N) is 2. The summed E-state index contributed by atoms with van der Waals surface area (Å²) in [5.74, 6) is 1.28. The Morgan fingerprint density at radius 2 is 2.04 bits per heavy atom. The minimum absolute atomic E-state index is 0.0624. The van der Waals surface area contributed by atoms with Gasteiger partial charge in [-0.2, -0.15) is 4.98 Å². The van der Waals surface area contributed by atoms with Crippen LogP contribution >= 0.6 is 0 Å². The molecular formula is C16H27N3O4. The normalized spacial score (nSPS) is 18.8. The van der Waals surface area contributed by atoms with Crippen LogP contribution in [0.3, 0.4) is 0 Å². The smallest absolute Gasteiger partial charge is 0.249 e. The summed E-state index contributed by atoms with van der Waals surface area (Å²) < 4.78 is 15.9. The fraction of sp³-hybridized carbons (Fsp3) is 0.812. The number of nitrogens with one attached hydrogen (secondary N) is 1. The molecule has 0 spiro atoms. The average Bonchev–Trinajstić information content (AvgIpc) is 3.03. The molecule has 7 heteroatoms. The minimum atomic E-state index is -0.272. The lowest BCUT2D eigenvalue weighted by Gasteiger charge is -2.29. The molecule has 2 heterocycles. The number of ether oxygens (including phenoxy) is 2. The Morgan fingerprint density at radius 3 is 2.61 bits per heavy atom. The Hall–Kier alpha value is -1.47. The van der Waals surface area contributed by atoms with E-state index < -0.39 is 0 Å². The van der Waals surface area contributed by atoms with Gasteiger partial charge in [0.2, 0.25) is 11.8 Å². The van der Waals surface area contributed by atoms with Gasteiger partial charge in [-0.15, -0.1) is 0 Å². The van der Waals surface area contributed by atoms with Crippen LogP contribution in [0.15, 0.2) is 4.52 Å². The van der Waals surface area contributed by atoms with Gasteiger partial charge in [0, 0.05) is 26.2 Å². The topological polar surface area (TPSA) is 86.5 Å². The lowest BCUT2D eigenvalue weighted by molar-refractivity contribution is -0.127. The van der Waals surface area contributed by atoms with E-state index in [1.807, 2.05) is 20.8 Å². The highest BCUT2D eigenvalue weighted by atomic mass is 16.5. The first-order chi connectivity index (χ1) is 11.0. The van der Waals surface area contributed by atoms with Crippen molar-refractivity contribution < 1.29 is 18.8 Å². The van der Waals surface area contributed by atoms with E-state index in [4.69, 9.17) is 14.0 Å². The number of hydrogen-bond donors (Lipinski definition) is 1. The molecule has 130 valence electrons. The van der Waals surface area contributed by atoms with Gasteiger partial charge in [0.1, 0.15) is 6.04 Å². The maximum atomic E-state index is 12.4. The second kappa shape index (κ2) is 8.40. The third-order valence-electron chi connectivity index (χ3n) is 4.14. The molecule has 0 aliphatic carbocycles. The number of carbonyl (C=O) groups excluding carboxylic acids is 1. The Bertz CT molecular complexity index is 497. The van der Waals surface area contributed by atoms with E-state index in [1.54, 1.807) is 7.11 Å². The van der Waals surface area contributed by atoms with E-state index in [1.165, 1.54) is 0 Å². The third kappa shape index (κ3) is 4.75. The molecule has 0 bridgehead atoms. The monoisotopic (exact) mass is 325 g/mol. The third-order valence-corrected chi connectivity index (χ3v) is 4.14. The summed E-state index contributed by atoms with van der Waals surface area (Å²) in [4.78, 5) is 16.9. The van der Waals surface area contributed by atoms with E-state index in [2.05, 4.69) is 15.5 Å². The quantitative estimate of drug-likeness (QED) is 0.826. The van der Waals surface area contributed by atoms with E-state index in [-0.39, 0.29) is 29.7 Å². The largest absolute Gasteiger partial charge is 0.384 e. The first-order valence-corrected chi connectivity index (χ1v) is 8.23. The predicted molar refractivity (Wildman–Crippen MR) is 83.9 cm³/mol. The van der Waals surface area contributed by atoms with Crippen molar-refractivity contribution >= 4 is 5.91 Å². The average molecular weight is 325 g/mol. The Morgan fingerprint density at radius 1 is 1.35 bits per heavy atom. The van der Waals surface area contributed by atoms with Crippen molar-refractivity contribution in [2.45, 2.75) is 45.6 Å². The zero-order valence-corrected chi connectivity index (χ0v) is 14.4. The van der Waals surface area contributed by atoms with Gasteiger partial charge in [0.05, 0.1) is 12.5 Å². The maximum Gasteiger partial charge on any atom is 0.249 e. The van der Waals surface area contributed by atoms with Crippen LogP contribution in [-0.2, 0) is 14.3 Å². The van der Waals surface area contributed by atoms with Crippen molar-refractivity contribution in [2.24, 2.45) is 11.8 Å². The van der Waals surface area contributed by atoms with Gasteiger partial charge >= 0.3 is 0 Å². The molecule has 1 amide bonds. The highest BCUT2D eigenvalue weighted by Gasteiger charge is 2.32. The molecule has 2 atom stereocenters. The summed E-state index contributed by atoms with van der Waals surface area (Å²) in [6.45, 7) is 7.63. The fourth-order valence-corrected chi connectivity index (χ4v) is 2.66. The highest BCUT2D eigenvalue weighted by molar-refractivity contribution is 5.78. The molecule has 1 aromatic rings. The predicted octanol–water partition coefficient (Wildman–Crippen LogP) is 2.06. The summed E-state index contributed by atoms with van der Waals surface area (Å²) in [5.41, 5.74) is 0. The van der Waals surface area contributed by atoms with Crippen molar-refractivity contribution in [3.63, 3.8) is 0 Å². The van der Waals surface area contributed by atoms with E-state index >= 15 is 0 Å². The maximum absolute atomic E-state index is 12.4. The van der Waals surface area contributed by atoms with Gasteiger partial charge in [-0.25, -0.2) is 0 Å². The van der Waals surface area contributed by atoms with E-state index in [0.717, 1.165) is 12.8 Å². The van der Waals surface area contributed by atoms with Crippen LogP contribution in [0.2, 0.25) is 0 Å². The SMILES string of the molecule is COCC(C)C(=O)NC(c1nc(C(C)C)no1)C1CCOCC1. The van der Waals surface area contributed by atoms with E-state index in [0.29, 0.717) is 31.5 Å². The first kappa shape index (κ1) is 17.9. The summed E-state index contributed by atoms with van der Waals surface area (Å²) in [5, 5.41) is 7.10. The molecule has 2 unspecified atom stereocenters. The van der Waals surface area contributed by atoms with Crippen LogP contribution in [0.4, 0.5) is 0 Å². The van der Waals surface area contributed by atoms with Crippen molar-refractivity contribution in [1.82, 2.24) is 15.5 Å². The van der Waals surface area contributed by atoms with Crippen molar-refractivity contribution in [3.05, 3.63) is 11.7 Å². The molecule has 0 saturated carbocycles. The summed E-state index contributed by atoms with van der Waals surface area (Å²) in [7, 11) is 1.59. The van der Waals surface area contributed by atoms with Crippen LogP contribution in [0.5, 0.6) is 0 Å². The van der Waals surface area contributed by atoms with Crippen molar-refractivity contribution in [1.29, 1.82) is 0 Å². The van der Waals surface area contributed by atoms with Crippen molar-refractivity contribution in [2.75, 3.05) is 26.9 Å². The van der Waals surface area contributed by atoms with Crippen LogP contribution in [0.25, 0.3) is 0 Å². The molecule has 1 aromatic heterocycles. The molecular weight excluding hydrogens is 298 g/mol. The van der Waals surface area contributed by atoms with Gasteiger partial charge in [0.25, 0.3) is 0 Å². The van der Waals surface area contributed by atoms with Gasteiger partial charge in [0.15, 0.2) is 5.82 Å². The van der Waals surface area contributed by atoms with Gasteiger partial charge < -0.3 is 19.3 Å². The number of aromatic nitrogens is 2. The second-order valence-electron chi connectivity index (χ2n) is 6.44. The molecule has 2 rings (SSSR count). The first-order valence-electron chi connectivity index (χ1n) is 8.23. The zero-order chi connectivity index (χ0) is 16.8. The number of carbonyl (C=O) groups is 1. The van der Waals surface area contributed by atoms with Crippen molar-refractivity contribution in [3.8, 4) is 0 Å². The molecule has 1 aliphatic heterocycles. The molecule has 1 saturated heterocycles. The Labute approximate surface area is 137 Å². The summed E-state index contributed by atoms with van der Waals surface area (Å²) in [6, 6.07) is -0.272. The van der Waals surface area contributed by atoms with Gasteiger partial charge in [-0.05, 0) is 18.8 Å². The highest BCUT2D eigenvalue weighted by Crippen LogP contribution is 2.30. The van der Waals surface area contributed by atoms with Gasteiger partial charge in [-0.1, -0.05) is 25.9 Å². The second-order valence-corrected chi connectivity index (χ2v) is 6.44. The van der Waals surface area contributed by atoms with Crippen LogP contribution in [0.1, 0.15) is 57.3 Å². The lowest BCUT2D eigenvalue weighted by Crippen LogP contribution is -2.39. The fourth-order valence-electron chi connectivity index (χ4n) is 2.66. The summed E-state index contributed by atoms with van der Waals surface area (Å²) >= 11 is 0. The molecule has 1 N–H and O–H groups in total. The molecule has 1 aliphatic rings. The number of rotatable bonds is 7. The zero-order valence-electron chi connectivity index (χ0n) is 14.4. The molecule has 0 aromatic carbocycles. The van der Waals surface area contributed by atoms with Crippen LogP contribution in [0, 0.1) is 11.8 Å². The molecule has 0 radical (unpaired) electrons. The summed E-state index contributed by atoms with van der Waals surface area (Å²) in [6.07, 6.45) is 1.73. The Kier molecular flexibility index (Phi) is 6.53. The molecule has 23 heavy (non-hydrogen) atoms. The molecule has 7 nitrogen and oxygen atoms in total. The van der Waals surface area contributed by atoms with Crippen LogP contribution in [-0.4, -0.2) is 43.0 Å². The molecule has 1 fully saturated rings. The number of hydrogen-bond acceptors (Lipinski definition) is 6. The standard InChI is InChI=1S/C16H27N3O4/c1-10(2)14-18-16(23-19-14)13(12-5-7-22-8-6-12)17-15(20)11(3)9-21-4/h10-13H,5-9H2,1-4H3,(H,17,20).